The van der Waals surface area contributed by atoms with Crippen LogP contribution in [0.4, 0.5) is 11.4 Å². The topological polar surface area (TPSA) is 109 Å². The van der Waals surface area contributed by atoms with Gasteiger partial charge in [-0.2, -0.15) is 10.8 Å². The van der Waals surface area contributed by atoms with Gasteiger partial charge < -0.3 is 21.5 Å². The molecule has 1 aromatic heterocycles. The summed E-state index contributed by atoms with van der Waals surface area (Å²) >= 11 is 6.72. The molecule has 1 aliphatic rings. The minimum atomic E-state index is -0.297. The first kappa shape index (κ1) is 25.8. The number of fused-ring (bicyclic) bond motifs is 1. The second-order valence-electron chi connectivity index (χ2n) is 8.44. The monoisotopic (exact) mass is 512 g/mol. The number of hydrogen-bond acceptors (Lipinski definition) is 8. The number of hydrazine groups is 2. The Labute approximate surface area is 221 Å². The van der Waals surface area contributed by atoms with E-state index in [1.165, 1.54) is 0 Å². The molecular formula is C28H29ClN8. The third-order valence-corrected chi connectivity index (χ3v) is 6.31. The largest absolute Gasteiger partial charge is 0.377 e. The molecule has 188 valence electrons. The molecule has 2 heterocycles. The lowest BCUT2D eigenvalue weighted by Gasteiger charge is -2.24. The molecule has 0 unspecified atom stereocenters. The van der Waals surface area contributed by atoms with Crippen molar-refractivity contribution in [2.45, 2.75) is 25.4 Å². The van der Waals surface area contributed by atoms with E-state index in [4.69, 9.17) is 11.6 Å². The molecule has 4 rings (SSSR count). The third kappa shape index (κ3) is 5.92. The first-order chi connectivity index (χ1) is 18.0. The van der Waals surface area contributed by atoms with E-state index in [1.807, 2.05) is 48.7 Å². The van der Waals surface area contributed by atoms with Crippen molar-refractivity contribution >= 4 is 40.1 Å². The highest BCUT2D eigenvalue weighted by Crippen LogP contribution is 2.36. The molecule has 0 fully saturated rings. The SMILES string of the molecule is C=C(/C=C\C=N/C)[C@H](Nc1cc(Cl)c2ncc(C#N)c(N[C@H](CC)c3ccccc3)c2c1)C1=CNNN1. The highest BCUT2D eigenvalue weighted by Gasteiger charge is 2.21. The van der Waals surface area contributed by atoms with E-state index in [0.717, 1.165) is 34.3 Å². The molecule has 8 nitrogen and oxygen atoms in total. The Kier molecular flexibility index (Phi) is 8.41. The number of nitriles is 1. The van der Waals surface area contributed by atoms with Crippen LogP contribution in [0.5, 0.6) is 0 Å². The standard InChI is InChI=1S/C28H29ClN8/c1-4-24(19-10-6-5-7-11-19)35-27-20(15-30)16-32-28-22(27)13-21(14-23(28)29)34-26(25-17-33-37-36-25)18(2)9-8-12-31-3/h5-14,16-17,24,26,33-34,36-37H,2,4H2,1,3H3,(H,32,35)/b9-8-,31-12-/t24-,26+/m1/s1. The number of benzene rings is 2. The van der Waals surface area contributed by atoms with Gasteiger partial charge in [-0.15, -0.1) is 0 Å². The Morgan fingerprint density at radius 3 is 2.76 bits per heavy atom. The van der Waals surface area contributed by atoms with Crippen molar-refractivity contribution < 1.29 is 0 Å². The second kappa shape index (κ2) is 12.1. The average Bonchev–Trinajstić information content (AvgIpc) is 3.45. The van der Waals surface area contributed by atoms with Gasteiger partial charge in [-0.25, -0.2) is 0 Å². The van der Waals surface area contributed by atoms with Gasteiger partial charge >= 0.3 is 0 Å². The molecule has 0 radical (unpaired) electrons. The van der Waals surface area contributed by atoms with Crippen molar-refractivity contribution in [3.63, 3.8) is 0 Å². The number of nitrogens with zero attached hydrogens (tertiary/aromatic N) is 3. The van der Waals surface area contributed by atoms with Crippen LogP contribution in [0, 0.1) is 11.3 Å². The summed E-state index contributed by atoms with van der Waals surface area (Å²) in [5.41, 5.74) is 14.2. The Hall–Kier alpha value is -4.32. The normalized spacial score (nSPS) is 14.6. The van der Waals surface area contributed by atoms with Crippen LogP contribution in [-0.4, -0.2) is 24.3 Å². The van der Waals surface area contributed by atoms with Gasteiger partial charge in [0.15, 0.2) is 0 Å². The zero-order valence-electron chi connectivity index (χ0n) is 20.7. The molecule has 3 aromatic rings. The van der Waals surface area contributed by atoms with Crippen molar-refractivity contribution in [3.8, 4) is 6.07 Å². The van der Waals surface area contributed by atoms with Gasteiger partial charge in [-0.05, 0) is 35.8 Å². The van der Waals surface area contributed by atoms with Crippen LogP contribution in [0.15, 0.2) is 89.9 Å². The van der Waals surface area contributed by atoms with Crippen LogP contribution >= 0.6 is 11.6 Å². The highest BCUT2D eigenvalue weighted by atomic mass is 35.5. The van der Waals surface area contributed by atoms with Crippen molar-refractivity contribution in [1.29, 1.82) is 5.26 Å². The van der Waals surface area contributed by atoms with E-state index in [9.17, 15) is 5.26 Å². The molecule has 2 aromatic carbocycles. The van der Waals surface area contributed by atoms with Crippen LogP contribution < -0.4 is 27.0 Å². The zero-order valence-corrected chi connectivity index (χ0v) is 21.5. The van der Waals surface area contributed by atoms with Gasteiger partial charge in [-0.1, -0.05) is 61.5 Å². The number of allylic oxidation sites excluding steroid dienone is 1. The smallest absolute Gasteiger partial charge is 0.103 e. The average molecular weight is 513 g/mol. The molecular weight excluding hydrogens is 484 g/mol. The molecule has 0 aliphatic carbocycles. The molecule has 9 heteroatoms. The number of rotatable bonds is 10. The predicted molar refractivity (Wildman–Crippen MR) is 152 cm³/mol. The van der Waals surface area contributed by atoms with Gasteiger partial charge in [0.1, 0.15) is 6.07 Å². The van der Waals surface area contributed by atoms with Crippen molar-refractivity contribution in [1.82, 2.24) is 21.4 Å². The van der Waals surface area contributed by atoms with Crippen LogP contribution in [0.1, 0.15) is 30.5 Å². The lowest BCUT2D eigenvalue weighted by molar-refractivity contribution is 0.589. The fourth-order valence-electron chi connectivity index (χ4n) is 4.16. The van der Waals surface area contributed by atoms with Crippen molar-refractivity contribution in [3.05, 3.63) is 101 Å². The van der Waals surface area contributed by atoms with Gasteiger partial charge in [0.2, 0.25) is 0 Å². The lowest BCUT2D eigenvalue weighted by Crippen LogP contribution is -2.37. The summed E-state index contributed by atoms with van der Waals surface area (Å²) in [4.78, 5) is 8.48. The van der Waals surface area contributed by atoms with Crippen LogP contribution in [0.25, 0.3) is 10.9 Å². The maximum Gasteiger partial charge on any atom is 0.103 e. The molecule has 2 atom stereocenters. The molecule has 37 heavy (non-hydrogen) atoms. The molecule has 0 saturated heterocycles. The number of aliphatic imine (C=N–C) groups is 1. The fraction of sp³-hybridized carbons (Fsp3) is 0.179. The van der Waals surface area contributed by atoms with Crippen molar-refractivity contribution in [2.75, 3.05) is 17.7 Å². The minimum absolute atomic E-state index is 0.0113. The van der Waals surface area contributed by atoms with E-state index in [1.54, 1.807) is 19.5 Å². The second-order valence-corrected chi connectivity index (χ2v) is 8.85. The van der Waals surface area contributed by atoms with E-state index in [0.29, 0.717) is 21.8 Å². The molecule has 0 saturated carbocycles. The van der Waals surface area contributed by atoms with E-state index in [-0.39, 0.29) is 12.1 Å². The number of pyridine rings is 1. The third-order valence-electron chi connectivity index (χ3n) is 6.02. The predicted octanol–water partition coefficient (Wildman–Crippen LogP) is 5.37. The summed E-state index contributed by atoms with van der Waals surface area (Å²) in [6.45, 7) is 6.34. The lowest BCUT2D eigenvalue weighted by atomic mass is 10.0. The van der Waals surface area contributed by atoms with Gasteiger partial charge in [0.05, 0.1) is 39.6 Å². The van der Waals surface area contributed by atoms with E-state index < -0.39 is 0 Å². The number of halogens is 1. The summed E-state index contributed by atoms with van der Waals surface area (Å²) in [5.74, 6) is 0. The highest BCUT2D eigenvalue weighted by molar-refractivity contribution is 6.35. The quantitative estimate of drug-likeness (QED) is 0.183. The van der Waals surface area contributed by atoms with Gasteiger partial charge in [0, 0.05) is 36.7 Å². The van der Waals surface area contributed by atoms with Crippen LogP contribution in [0.2, 0.25) is 5.02 Å². The zero-order chi connectivity index (χ0) is 26.2. The number of aromatic nitrogens is 1. The van der Waals surface area contributed by atoms with Crippen LogP contribution in [-0.2, 0) is 0 Å². The molecule has 0 amide bonds. The first-order valence-corrected chi connectivity index (χ1v) is 12.3. The number of anilines is 2. The summed E-state index contributed by atoms with van der Waals surface area (Å²) < 4.78 is 0. The summed E-state index contributed by atoms with van der Waals surface area (Å²) in [6.07, 6.45) is 9.64. The Morgan fingerprint density at radius 2 is 2.08 bits per heavy atom. The maximum atomic E-state index is 9.90. The van der Waals surface area contributed by atoms with Crippen molar-refractivity contribution in [2.24, 2.45) is 4.99 Å². The Morgan fingerprint density at radius 1 is 1.27 bits per heavy atom. The van der Waals surface area contributed by atoms with Gasteiger partial charge in [0.25, 0.3) is 0 Å². The van der Waals surface area contributed by atoms with E-state index >= 15 is 0 Å². The number of nitrogens with one attached hydrogen (secondary N) is 5. The first-order valence-electron chi connectivity index (χ1n) is 11.9. The Bertz CT molecular complexity index is 1410. The molecule has 0 spiro atoms. The van der Waals surface area contributed by atoms with Gasteiger partial charge in [-0.3, -0.25) is 9.98 Å². The minimum Gasteiger partial charge on any atom is -0.377 e. The van der Waals surface area contributed by atoms with E-state index in [2.05, 4.69) is 68.7 Å². The summed E-state index contributed by atoms with van der Waals surface area (Å²) in [6, 6.07) is 16.0. The fourth-order valence-corrected chi connectivity index (χ4v) is 4.43. The Balaban J connectivity index is 1.76. The summed E-state index contributed by atoms with van der Waals surface area (Å²) in [7, 11) is 1.71. The molecule has 5 N–H and O–H groups in total. The maximum absolute atomic E-state index is 9.90. The van der Waals surface area contributed by atoms with Crippen LogP contribution in [0.3, 0.4) is 0 Å². The number of hydrogen-bond donors (Lipinski definition) is 5. The molecule has 0 bridgehead atoms. The summed E-state index contributed by atoms with van der Waals surface area (Å²) in [5, 5.41) is 18.2. The molecule has 1 aliphatic heterocycles.